The molecule has 0 bridgehead atoms. The van der Waals surface area contributed by atoms with Crippen LogP contribution in [-0.4, -0.2) is 19.0 Å². The van der Waals surface area contributed by atoms with Crippen molar-refractivity contribution < 1.29 is 9.47 Å². The van der Waals surface area contributed by atoms with Crippen LogP contribution in [0.4, 0.5) is 0 Å². The Morgan fingerprint density at radius 3 is 2.91 bits per heavy atom. The quantitative estimate of drug-likeness (QED) is 0.494. The summed E-state index contributed by atoms with van der Waals surface area (Å²) in [5.74, 6) is 0.301. The molecule has 0 amide bonds. The summed E-state index contributed by atoms with van der Waals surface area (Å²) in [7, 11) is 0. The predicted molar refractivity (Wildman–Crippen MR) is 42.2 cm³/mol. The summed E-state index contributed by atoms with van der Waals surface area (Å²) >= 11 is 0. The topological polar surface area (TPSA) is 18.5 Å². The Kier molecular flexibility index (Phi) is 1.74. The van der Waals surface area contributed by atoms with E-state index in [0.717, 1.165) is 26.1 Å². The Balaban J connectivity index is 2.10. The molecule has 1 unspecified atom stereocenters. The van der Waals surface area contributed by atoms with E-state index in [9.17, 15) is 0 Å². The second-order valence-electron chi connectivity index (χ2n) is 3.47. The SMILES string of the molecule is C[C@@H]1COC2(C=CCCO2)C1. The summed E-state index contributed by atoms with van der Waals surface area (Å²) in [4.78, 5) is 0. The third-order valence-electron chi connectivity index (χ3n) is 2.25. The van der Waals surface area contributed by atoms with Gasteiger partial charge < -0.3 is 9.47 Å². The van der Waals surface area contributed by atoms with Crippen LogP contribution in [0.25, 0.3) is 0 Å². The molecule has 1 saturated heterocycles. The smallest absolute Gasteiger partial charge is 0.188 e. The second-order valence-corrected chi connectivity index (χ2v) is 3.47. The fourth-order valence-electron chi connectivity index (χ4n) is 1.71. The first kappa shape index (κ1) is 7.32. The molecule has 0 aromatic heterocycles. The van der Waals surface area contributed by atoms with Gasteiger partial charge in [0.05, 0.1) is 13.2 Å². The summed E-state index contributed by atoms with van der Waals surface area (Å²) < 4.78 is 11.2. The first-order valence-electron chi connectivity index (χ1n) is 4.26. The van der Waals surface area contributed by atoms with Crippen molar-refractivity contribution in [1.29, 1.82) is 0 Å². The van der Waals surface area contributed by atoms with Gasteiger partial charge in [-0.2, -0.15) is 0 Å². The number of ether oxygens (including phenoxy) is 2. The zero-order chi connectivity index (χ0) is 7.73. The summed E-state index contributed by atoms with van der Waals surface area (Å²) in [6, 6.07) is 0. The molecule has 2 aliphatic heterocycles. The van der Waals surface area contributed by atoms with Gasteiger partial charge in [0.2, 0.25) is 0 Å². The second kappa shape index (κ2) is 2.61. The molecule has 11 heavy (non-hydrogen) atoms. The highest BCUT2D eigenvalue weighted by Gasteiger charge is 2.38. The maximum atomic E-state index is 5.59. The van der Waals surface area contributed by atoms with Crippen molar-refractivity contribution in [1.82, 2.24) is 0 Å². The van der Waals surface area contributed by atoms with Gasteiger partial charge in [0.15, 0.2) is 5.79 Å². The molecule has 2 heteroatoms. The molecule has 0 aromatic carbocycles. The van der Waals surface area contributed by atoms with E-state index in [0.29, 0.717) is 5.92 Å². The van der Waals surface area contributed by atoms with Crippen LogP contribution in [0.15, 0.2) is 12.2 Å². The summed E-state index contributed by atoms with van der Waals surface area (Å²) in [6.07, 6.45) is 6.27. The zero-order valence-corrected chi connectivity index (χ0v) is 6.88. The summed E-state index contributed by atoms with van der Waals surface area (Å²) in [5.41, 5.74) is 0. The maximum absolute atomic E-state index is 5.59. The van der Waals surface area contributed by atoms with Crippen molar-refractivity contribution in [2.45, 2.75) is 25.6 Å². The molecule has 0 N–H and O–H groups in total. The van der Waals surface area contributed by atoms with Gasteiger partial charge in [-0.15, -0.1) is 0 Å². The van der Waals surface area contributed by atoms with Crippen molar-refractivity contribution in [3.63, 3.8) is 0 Å². The standard InChI is InChI=1S/C9H14O2/c1-8-6-9(11-7-8)4-2-3-5-10-9/h2,4,8H,3,5-7H2,1H3/t8-,9?/m0/s1. The largest absolute Gasteiger partial charge is 0.346 e. The molecule has 1 fully saturated rings. The van der Waals surface area contributed by atoms with Gasteiger partial charge in [-0.25, -0.2) is 0 Å². The average molecular weight is 154 g/mol. The van der Waals surface area contributed by atoms with Crippen LogP contribution in [0.5, 0.6) is 0 Å². The van der Waals surface area contributed by atoms with Crippen LogP contribution in [-0.2, 0) is 9.47 Å². The van der Waals surface area contributed by atoms with E-state index < -0.39 is 0 Å². The number of hydrogen-bond donors (Lipinski definition) is 0. The first-order chi connectivity index (χ1) is 5.31. The molecule has 1 spiro atoms. The lowest BCUT2D eigenvalue weighted by atomic mass is 10.0. The van der Waals surface area contributed by atoms with Gasteiger partial charge in [-0.05, 0) is 18.4 Å². The maximum Gasteiger partial charge on any atom is 0.188 e. The van der Waals surface area contributed by atoms with E-state index in [2.05, 4.69) is 19.1 Å². The highest BCUT2D eigenvalue weighted by atomic mass is 16.7. The van der Waals surface area contributed by atoms with Gasteiger partial charge >= 0.3 is 0 Å². The molecule has 2 nitrogen and oxygen atoms in total. The zero-order valence-electron chi connectivity index (χ0n) is 6.88. The lowest BCUT2D eigenvalue weighted by Crippen LogP contribution is -2.31. The molecule has 2 rings (SSSR count). The van der Waals surface area contributed by atoms with Gasteiger partial charge in [0.1, 0.15) is 0 Å². The van der Waals surface area contributed by atoms with Gasteiger partial charge in [0.25, 0.3) is 0 Å². The lowest BCUT2D eigenvalue weighted by molar-refractivity contribution is -0.179. The van der Waals surface area contributed by atoms with Gasteiger partial charge in [0, 0.05) is 6.42 Å². The molecule has 2 heterocycles. The van der Waals surface area contributed by atoms with Crippen molar-refractivity contribution in [2.24, 2.45) is 5.92 Å². The Hall–Kier alpha value is -0.340. The van der Waals surface area contributed by atoms with Crippen LogP contribution < -0.4 is 0 Å². The Labute approximate surface area is 67.2 Å². The molecular formula is C9H14O2. The fourth-order valence-corrected chi connectivity index (χ4v) is 1.71. The Morgan fingerprint density at radius 1 is 1.45 bits per heavy atom. The summed E-state index contributed by atoms with van der Waals surface area (Å²) in [6.45, 7) is 3.84. The Morgan fingerprint density at radius 2 is 2.36 bits per heavy atom. The summed E-state index contributed by atoms with van der Waals surface area (Å²) in [5, 5.41) is 0. The van der Waals surface area contributed by atoms with E-state index in [4.69, 9.17) is 9.47 Å². The van der Waals surface area contributed by atoms with Crippen molar-refractivity contribution >= 4 is 0 Å². The van der Waals surface area contributed by atoms with Crippen molar-refractivity contribution in [3.05, 3.63) is 12.2 Å². The van der Waals surface area contributed by atoms with E-state index in [1.807, 2.05) is 0 Å². The Bertz CT molecular complexity index is 176. The molecule has 62 valence electrons. The molecule has 2 atom stereocenters. The minimum Gasteiger partial charge on any atom is -0.346 e. The first-order valence-corrected chi connectivity index (χ1v) is 4.26. The third kappa shape index (κ3) is 1.33. The number of rotatable bonds is 0. The molecule has 0 saturated carbocycles. The van der Waals surface area contributed by atoms with E-state index in [1.54, 1.807) is 0 Å². The molecular weight excluding hydrogens is 140 g/mol. The van der Waals surface area contributed by atoms with E-state index in [1.165, 1.54) is 0 Å². The van der Waals surface area contributed by atoms with Crippen LogP contribution in [0.2, 0.25) is 0 Å². The number of hydrogen-bond acceptors (Lipinski definition) is 2. The van der Waals surface area contributed by atoms with Crippen LogP contribution >= 0.6 is 0 Å². The highest BCUT2D eigenvalue weighted by molar-refractivity contribution is 5.02. The van der Waals surface area contributed by atoms with Crippen LogP contribution in [0.3, 0.4) is 0 Å². The average Bonchev–Trinajstić information content (AvgIpc) is 2.34. The molecule has 0 aliphatic carbocycles. The van der Waals surface area contributed by atoms with Gasteiger partial charge in [-0.3, -0.25) is 0 Å². The van der Waals surface area contributed by atoms with Crippen LogP contribution in [0, 0.1) is 5.92 Å². The molecule has 0 aromatic rings. The van der Waals surface area contributed by atoms with E-state index >= 15 is 0 Å². The molecule has 0 radical (unpaired) electrons. The minimum absolute atomic E-state index is 0.336. The van der Waals surface area contributed by atoms with E-state index in [-0.39, 0.29) is 5.79 Å². The van der Waals surface area contributed by atoms with Crippen molar-refractivity contribution in [3.8, 4) is 0 Å². The normalized spacial score (nSPS) is 43.5. The third-order valence-corrected chi connectivity index (χ3v) is 2.25. The molecule has 2 aliphatic rings. The predicted octanol–water partition coefficient (Wildman–Crippen LogP) is 1.72. The lowest BCUT2D eigenvalue weighted by Gasteiger charge is -2.27. The monoisotopic (exact) mass is 154 g/mol. The minimum atomic E-state index is -0.336. The van der Waals surface area contributed by atoms with Crippen LogP contribution in [0.1, 0.15) is 19.8 Å². The van der Waals surface area contributed by atoms with Gasteiger partial charge in [-0.1, -0.05) is 13.0 Å². The van der Waals surface area contributed by atoms with Crippen molar-refractivity contribution in [2.75, 3.05) is 13.2 Å². The highest BCUT2D eigenvalue weighted by Crippen LogP contribution is 2.34. The fraction of sp³-hybridized carbons (Fsp3) is 0.778.